The summed E-state index contributed by atoms with van der Waals surface area (Å²) in [5.41, 5.74) is 7.14. The van der Waals surface area contributed by atoms with Crippen LogP contribution in [0.1, 0.15) is 0 Å². The van der Waals surface area contributed by atoms with Gasteiger partial charge in [0.1, 0.15) is 17.8 Å². The Morgan fingerprint density at radius 3 is 2.08 bits per heavy atom. The molecule has 2 N–H and O–H groups in total. The van der Waals surface area contributed by atoms with Crippen LogP contribution in [0.25, 0.3) is 5.69 Å². The molecule has 0 spiro atoms. The minimum Gasteiger partial charge on any atom is -0.497 e. The maximum atomic E-state index is 5.54. The van der Waals surface area contributed by atoms with Crippen LogP contribution < -0.4 is 15.2 Å². The number of ether oxygens (including phenoxy) is 2. The van der Waals surface area contributed by atoms with E-state index >= 15 is 0 Å². The monoisotopic (exact) mass is 455 g/mol. The summed E-state index contributed by atoms with van der Waals surface area (Å²) in [6.45, 7) is 0. The molecule has 2 aromatic carbocycles. The Bertz CT molecular complexity index is 797. The molecule has 0 atom stereocenters. The van der Waals surface area contributed by atoms with Crippen molar-refractivity contribution in [2.45, 2.75) is 0 Å². The second-order valence-corrected chi connectivity index (χ2v) is 6.17. The maximum Gasteiger partial charge on any atom is 0.143 e. The lowest BCUT2D eigenvalue weighted by atomic mass is 10.3. The van der Waals surface area contributed by atoms with Crippen molar-refractivity contribution in [3.8, 4) is 17.2 Å². The third-order valence-corrected chi connectivity index (χ3v) is 4.28. The van der Waals surface area contributed by atoms with Crippen molar-refractivity contribution in [1.82, 2.24) is 20.2 Å². The van der Waals surface area contributed by atoms with E-state index in [-0.39, 0.29) is 0 Å². The molecule has 24 heavy (non-hydrogen) atoms. The average molecular weight is 457 g/mol. The van der Waals surface area contributed by atoms with Crippen LogP contribution in [0.15, 0.2) is 51.7 Å². The van der Waals surface area contributed by atoms with Crippen molar-refractivity contribution in [1.29, 1.82) is 0 Å². The van der Waals surface area contributed by atoms with E-state index in [0.717, 1.165) is 31.8 Å². The summed E-state index contributed by atoms with van der Waals surface area (Å²) < 4.78 is 13.4. The molecule has 3 aromatic rings. The van der Waals surface area contributed by atoms with Crippen LogP contribution in [0.3, 0.4) is 0 Å². The molecule has 0 saturated heterocycles. The number of tetrazole rings is 1. The largest absolute Gasteiger partial charge is 0.497 e. The fourth-order valence-corrected chi connectivity index (χ4v) is 2.60. The van der Waals surface area contributed by atoms with Gasteiger partial charge in [0.2, 0.25) is 0 Å². The number of hydrogen-bond acceptors (Lipinski definition) is 6. The van der Waals surface area contributed by atoms with Gasteiger partial charge in [0.15, 0.2) is 0 Å². The summed E-state index contributed by atoms with van der Waals surface area (Å²) in [7, 11) is 3.25. The van der Waals surface area contributed by atoms with E-state index in [0.29, 0.717) is 0 Å². The van der Waals surface area contributed by atoms with Gasteiger partial charge >= 0.3 is 0 Å². The summed E-state index contributed by atoms with van der Waals surface area (Å²) in [6.07, 6.45) is 1.53. The molecule has 0 bridgehead atoms. The van der Waals surface area contributed by atoms with Crippen molar-refractivity contribution in [3.05, 3.63) is 51.7 Å². The van der Waals surface area contributed by atoms with E-state index < -0.39 is 0 Å². The third-order valence-electron chi connectivity index (χ3n) is 2.96. The Labute approximate surface area is 156 Å². The molecule has 1 heterocycles. The first kappa shape index (κ1) is 18.2. The van der Waals surface area contributed by atoms with Crippen LogP contribution in [-0.2, 0) is 0 Å². The highest BCUT2D eigenvalue weighted by Gasteiger charge is 2.04. The molecular weight excluding hydrogens is 442 g/mol. The highest BCUT2D eigenvalue weighted by molar-refractivity contribution is 9.11. The van der Waals surface area contributed by atoms with Crippen LogP contribution >= 0.6 is 31.9 Å². The molecule has 126 valence electrons. The van der Waals surface area contributed by atoms with Gasteiger partial charge in [0.05, 0.1) is 19.9 Å². The van der Waals surface area contributed by atoms with Gasteiger partial charge in [-0.2, -0.15) is 4.68 Å². The average Bonchev–Trinajstić information content (AvgIpc) is 3.12. The van der Waals surface area contributed by atoms with Crippen LogP contribution in [-0.4, -0.2) is 34.4 Å². The second-order valence-electron chi connectivity index (χ2n) is 4.46. The minimum atomic E-state index is 0.723. The Kier molecular flexibility index (Phi) is 6.56. The van der Waals surface area contributed by atoms with Gasteiger partial charge in [-0.15, -0.1) is 5.10 Å². The first-order valence-electron chi connectivity index (χ1n) is 6.71. The van der Waals surface area contributed by atoms with Crippen LogP contribution in [0, 0.1) is 0 Å². The smallest absolute Gasteiger partial charge is 0.143 e. The van der Waals surface area contributed by atoms with Crippen LogP contribution in [0.5, 0.6) is 11.5 Å². The first-order valence-corrected chi connectivity index (χ1v) is 8.29. The summed E-state index contributed by atoms with van der Waals surface area (Å²) >= 11 is 6.69. The SMILES string of the molecule is COc1ccc(-n2cnnn2)c(Br)c1.COc1ccc(N)c(Br)c1. The van der Waals surface area contributed by atoms with E-state index in [1.165, 1.54) is 6.33 Å². The molecule has 0 amide bonds. The zero-order valence-corrected chi connectivity index (χ0v) is 16.2. The van der Waals surface area contributed by atoms with Gasteiger partial charge < -0.3 is 15.2 Å². The molecule has 0 saturated carbocycles. The lowest BCUT2D eigenvalue weighted by Gasteiger charge is -2.04. The van der Waals surface area contributed by atoms with Gasteiger partial charge in [0, 0.05) is 14.6 Å². The molecule has 0 fully saturated rings. The number of methoxy groups -OCH3 is 2. The van der Waals surface area contributed by atoms with E-state index in [9.17, 15) is 0 Å². The fourth-order valence-electron chi connectivity index (χ4n) is 1.71. The first-order chi connectivity index (χ1) is 11.5. The quantitative estimate of drug-likeness (QED) is 0.607. The number of nitrogen functional groups attached to an aromatic ring is 1. The highest BCUT2D eigenvalue weighted by atomic mass is 79.9. The van der Waals surface area contributed by atoms with Crippen molar-refractivity contribution < 1.29 is 9.47 Å². The third kappa shape index (κ3) is 4.68. The Hall–Kier alpha value is -2.13. The molecule has 3 rings (SSSR count). The Balaban J connectivity index is 0.000000185. The second kappa shape index (κ2) is 8.65. The van der Waals surface area contributed by atoms with E-state index in [1.807, 2.05) is 30.3 Å². The van der Waals surface area contributed by atoms with Crippen molar-refractivity contribution >= 4 is 37.5 Å². The Morgan fingerprint density at radius 1 is 0.958 bits per heavy atom. The summed E-state index contributed by atoms with van der Waals surface area (Å²) in [6, 6.07) is 11.0. The number of rotatable bonds is 3. The number of nitrogens with zero attached hydrogens (tertiary/aromatic N) is 4. The fraction of sp³-hybridized carbons (Fsp3) is 0.133. The number of nitrogens with two attached hydrogens (primary N) is 1. The lowest BCUT2D eigenvalue weighted by Crippen LogP contribution is -1.96. The predicted molar refractivity (Wildman–Crippen MR) is 98.5 cm³/mol. The topological polar surface area (TPSA) is 88.1 Å². The van der Waals surface area contributed by atoms with Gasteiger partial charge in [-0.05, 0) is 78.7 Å². The summed E-state index contributed by atoms with van der Waals surface area (Å²) in [4.78, 5) is 0. The van der Waals surface area contributed by atoms with Crippen LogP contribution in [0.2, 0.25) is 0 Å². The zero-order valence-electron chi connectivity index (χ0n) is 13.0. The summed E-state index contributed by atoms with van der Waals surface area (Å²) in [5, 5.41) is 10.9. The maximum absolute atomic E-state index is 5.54. The van der Waals surface area contributed by atoms with Crippen molar-refractivity contribution in [3.63, 3.8) is 0 Å². The molecular formula is C15H15Br2N5O2. The van der Waals surface area contributed by atoms with E-state index in [1.54, 1.807) is 25.0 Å². The van der Waals surface area contributed by atoms with Crippen molar-refractivity contribution in [2.75, 3.05) is 20.0 Å². The van der Waals surface area contributed by atoms with E-state index in [4.69, 9.17) is 15.2 Å². The zero-order chi connectivity index (χ0) is 17.5. The molecule has 7 nitrogen and oxygen atoms in total. The molecule has 0 unspecified atom stereocenters. The molecule has 0 aliphatic carbocycles. The van der Waals surface area contributed by atoms with Gasteiger partial charge in [-0.1, -0.05) is 0 Å². The number of anilines is 1. The molecule has 0 aliphatic heterocycles. The van der Waals surface area contributed by atoms with Gasteiger partial charge in [0.25, 0.3) is 0 Å². The molecule has 0 radical (unpaired) electrons. The van der Waals surface area contributed by atoms with Crippen molar-refractivity contribution in [2.24, 2.45) is 0 Å². The van der Waals surface area contributed by atoms with E-state index in [2.05, 4.69) is 47.4 Å². The van der Waals surface area contributed by atoms with Crippen LogP contribution in [0.4, 0.5) is 5.69 Å². The number of halogens is 2. The lowest BCUT2D eigenvalue weighted by molar-refractivity contribution is 0.414. The standard InChI is InChI=1S/C8H7BrN4O.C7H8BrNO/c1-14-6-2-3-8(7(9)4-6)13-5-10-11-12-13;1-10-5-2-3-7(9)6(8)4-5/h2-5H,1H3;2-4H,9H2,1H3. The normalized spacial score (nSPS) is 9.83. The predicted octanol–water partition coefficient (Wildman–Crippen LogP) is 3.47. The van der Waals surface area contributed by atoms with Gasteiger partial charge in [-0.3, -0.25) is 0 Å². The molecule has 0 aliphatic rings. The summed E-state index contributed by atoms with van der Waals surface area (Å²) in [5.74, 6) is 1.59. The Morgan fingerprint density at radius 2 is 1.58 bits per heavy atom. The number of hydrogen-bond donors (Lipinski definition) is 1. The minimum absolute atomic E-state index is 0.723. The molecule has 1 aromatic heterocycles. The van der Waals surface area contributed by atoms with Gasteiger partial charge in [-0.25, -0.2) is 0 Å². The molecule has 9 heteroatoms. The number of benzene rings is 2. The highest BCUT2D eigenvalue weighted by Crippen LogP contribution is 2.25. The number of aromatic nitrogens is 4.